The van der Waals surface area contributed by atoms with Crippen molar-refractivity contribution in [2.24, 2.45) is 0 Å². The number of nitrogens with one attached hydrogen (secondary N) is 1. The number of nitrogens with zero attached hydrogens (tertiary/aromatic N) is 1. The van der Waals surface area contributed by atoms with Gasteiger partial charge < -0.3 is 10.4 Å². The zero-order valence-electron chi connectivity index (χ0n) is 12.9. The van der Waals surface area contributed by atoms with Crippen LogP contribution in [0.1, 0.15) is 36.6 Å². The van der Waals surface area contributed by atoms with E-state index in [0.29, 0.717) is 19.6 Å². The summed E-state index contributed by atoms with van der Waals surface area (Å²) in [7, 11) is 0. The summed E-state index contributed by atoms with van der Waals surface area (Å²) in [5.41, 5.74) is 3.20. The molecule has 20 heavy (non-hydrogen) atoms. The minimum absolute atomic E-state index is 0.00183. The van der Waals surface area contributed by atoms with Crippen molar-refractivity contribution in [3.8, 4) is 0 Å². The molecule has 4 nitrogen and oxygen atoms in total. The van der Waals surface area contributed by atoms with Crippen LogP contribution in [0.25, 0.3) is 0 Å². The van der Waals surface area contributed by atoms with Crippen molar-refractivity contribution in [1.29, 1.82) is 0 Å². The molecule has 0 aliphatic rings. The number of carbonyl (C=O) groups excluding carboxylic acids is 1. The molecule has 112 valence electrons. The lowest BCUT2D eigenvalue weighted by Crippen LogP contribution is -2.39. The Morgan fingerprint density at radius 1 is 1.25 bits per heavy atom. The Morgan fingerprint density at radius 2 is 1.85 bits per heavy atom. The normalized spacial score (nSPS) is 12.5. The van der Waals surface area contributed by atoms with Crippen LogP contribution in [-0.4, -0.2) is 42.1 Å². The van der Waals surface area contributed by atoms with Crippen molar-refractivity contribution in [2.45, 2.75) is 33.8 Å². The Labute approximate surface area is 121 Å². The second kappa shape index (κ2) is 8.02. The summed E-state index contributed by atoms with van der Waals surface area (Å²) in [5, 5.41) is 13.1. The summed E-state index contributed by atoms with van der Waals surface area (Å²) < 4.78 is 0. The average Bonchev–Trinajstić information content (AvgIpc) is 2.36. The van der Waals surface area contributed by atoms with E-state index in [0.717, 1.165) is 23.2 Å². The van der Waals surface area contributed by atoms with E-state index >= 15 is 0 Å². The highest BCUT2D eigenvalue weighted by Crippen LogP contribution is 2.18. The summed E-state index contributed by atoms with van der Waals surface area (Å²) in [5.74, 6) is 0.00183. The zero-order chi connectivity index (χ0) is 15.1. The van der Waals surface area contributed by atoms with Crippen molar-refractivity contribution in [3.63, 3.8) is 0 Å². The van der Waals surface area contributed by atoms with E-state index in [-0.39, 0.29) is 5.91 Å². The fourth-order valence-electron chi connectivity index (χ4n) is 2.31. The number of aliphatic hydroxyl groups is 1. The molecular formula is C16H26N2O2. The summed E-state index contributed by atoms with van der Waals surface area (Å²) in [6, 6.07) is 6.08. The minimum atomic E-state index is -0.567. The average molecular weight is 278 g/mol. The molecule has 0 bridgehead atoms. The van der Waals surface area contributed by atoms with Gasteiger partial charge in [0, 0.05) is 13.1 Å². The largest absolute Gasteiger partial charge is 0.387 e. The van der Waals surface area contributed by atoms with E-state index < -0.39 is 6.10 Å². The monoisotopic (exact) mass is 278 g/mol. The van der Waals surface area contributed by atoms with Gasteiger partial charge in [-0.15, -0.1) is 0 Å². The molecule has 0 fully saturated rings. The lowest BCUT2D eigenvalue weighted by atomic mass is 10.0. The molecule has 0 saturated carbocycles. The molecule has 2 N–H and O–H groups in total. The molecule has 0 aromatic heterocycles. The van der Waals surface area contributed by atoms with Crippen molar-refractivity contribution in [2.75, 3.05) is 26.2 Å². The highest BCUT2D eigenvalue weighted by molar-refractivity contribution is 5.77. The SMILES string of the molecule is CCNC(=O)CN(CC)CC(O)c1cc(C)cc(C)c1. The first-order chi connectivity index (χ1) is 9.46. The van der Waals surface area contributed by atoms with Crippen LogP contribution in [0.4, 0.5) is 0 Å². The van der Waals surface area contributed by atoms with Crippen LogP contribution in [0.15, 0.2) is 18.2 Å². The summed E-state index contributed by atoms with van der Waals surface area (Å²) >= 11 is 0. The number of aliphatic hydroxyl groups excluding tert-OH is 1. The fraction of sp³-hybridized carbons (Fsp3) is 0.562. The predicted molar refractivity (Wildman–Crippen MR) is 81.7 cm³/mol. The van der Waals surface area contributed by atoms with Gasteiger partial charge in [0.1, 0.15) is 0 Å². The maximum Gasteiger partial charge on any atom is 0.234 e. The molecule has 1 unspecified atom stereocenters. The van der Waals surface area contributed by atoms with E-state index in [1.165, 1.54) is 0 Å². The van der Waals surface area contributed by atoms with Gasteiger partial charge in [0.2, 0.25) is 5.91 Å². The number of hydrogen-bond acceptors (Lipinski definition) is 3. The van der Waals surface area contributed by atoms with Gasteiger partial charge in [0.25, 0.3) is 0 Å². The van der Waals surface area contributed by atoms with Gasteiger partial charge >= 0.3 is 0 Å². The Morgan fingerprint density at radius 3 is 2.35 bits per heavy atom. The van der Waals surface area contributed by atoms with Crippen LogP contribution in [0.2, 0.25) is 0 Å². The fourth-order valence-corrected chi connectivity index (χ4v) is 2.31. The highest BCUT2D eigenvalue weighted by atomic mass is 16.3. The quantitative estimate of drug-likeness (QED) is 0.799. The molecule has 0 heterocycles. The van der Waals surface area contributed by atoms with E-state index in [1.807, 2.05) is 44.7 Å². The van der Waals surface area contributed by atoms with Gasteiger partial charge in [0.05, 0.1) is 12.6 Å². The molecule has 0 aliphatic heterocycles. The highest BCUT2D eigenvalue weighted by Gasteiger charge is 2.15. The third-order valence-corrected chi connectivity index (χ3v) is 3.25. The van der Waals surface area contributed by atoms with Gasteiger partial charge in [-0.2, -0.15) is 0 Å². The van der Waals surface area contributed by atoms with Crippen LogP contribution in [0.5, 0.6) is 0 Å². The number of amides is 1. The van der Waals surface area contributed by atoms with Crippen molar-refractivity contribution < 1.29 is 9.90 Å². The first kappa shape index (κ1) is 16.7. The number of hydrogen-bond donors (Lipinski definition) is 2. The molecule has 1 aromatic carbocycles. The van der Waals surface area contributed by atoms with Gasteiger partial charge in [-0.05, 0) is 32.9 Å². The van der Waals surface area contributed by atoms with E-state index in [9.17, 15) is 9.90 Å². The number of carbonyl (C=O) groups is 1. The minimum Gasteiger partial charge on any atom is -0.387 e. The summed E-state index contributed by atoms with van der Waals surface area (Å²) in [6.07, 6.45) is -0.567. The third-order valence-electron chi connectivity index (χ3n) is 3.25. The van der Waals surface area contributed by atoms with Crippen LogP contribution in [0.3, 0.4) is 0 Å². The Hall–Kier alpha value is -1.39. The van der Waals surface area contributed by atoms with E-state index in [1.54, 1.807) is 0 Å². The molecule has 1 rings (SSSR count). The molecule has 0 spiro atoms. The Kier molecular flexibility index (Phi) is 6.68. The van der Waals surface area contributed by atoms with Gasteiger partial charge in [-0.1, -0.05) is 36.2 Å². The molecule has 0 aliphatic carbocycles. The van der Waals surface area contributed by atoms with Crippen molar-refractivity contribution in [1.82, 2.24) is 10.2 Å². The van der Waals surface area contributed by atoms with Gasteiger partial charge in [-0.3, -0.25) is 9.69 Å². The van der Waals surface area contributed by atoms with E-state index in [4.69, 9.17) is 0 Å². The Balaban J connectivity index is 2.66. The van der Waals surface area contributed by atoms with Crippen LogP contribution in [0, 0.1) is 13.8 Å². The first-order valence-electron chi connectivity index (χ1n) is 7.21. The molecular weight excluding hydrogens is 252 g/mol. The molecule has 0 radical (unpaired) electrons. The van der Waals surface area contributed by atoms with Crippen molar-refractivity contribution in [3.05, 3.63) is 34.9 Å². The number of aryl methyl sites for hydroxylation is 2. The third kappa shape index (κ3) is 5.31. The van der Waals surface area contributed by atoms with E-state index in [2.05, 4.69) is 11.4 Å². The topological polar surface area (TPSA) is 52.6 Å². The van der Waals surface area contributed by atoms with Crippen molar-refractivity contribution >= 4 is 5.91 Å². The van der Waals surface area contributed by atoms with Crippen LogP contribution >= 0.6 is 0 Å². The molecule has 1 aromatic rings. The lowest BCUT2D eigenvalue weighted by Gasteiger charge is -2.23. The lowest BCUT2D eigenvalue weighted by molar-refractivity contribution is -0.122. The van der Waals surface area contributed by atoms with Crippen LogP contribution < -0.4 is 5.32 Å². The molecule has 1 amide bonds. The van der Waals surface area contributed by atoms with Gasteiger partial charge in [-0.25, -0.2) is 0 Å². The zero-order valence-corrected chi connectivity index (χ0v) is 12.9. The smallest absolute Gasteiger partial charge is 0.234 e. The Bertz CT molecular complexity index is 426. The second-order valence-electron chi connectivity index (χ2n) is 5.22. The first-order valence-corrected chi connectivity index (χ1v) is 7.21. The summed E-state index contributed by atoms with van der Waals surface area (Å²) in [6.45, 7) is 10.1. The molecule has 1 atom stereocenters. The summed E-state index contributed by atoms with van der Waals surface area (Å²) in [4.78, 5) is 13.6. The number of benzene rings is 1. The number of likely N-dealkylation sites (N-methyl/N-ethyl adjacent to an activating group) is 2. The molecule has 4 heteroatoms. The maximum absolute atomic E-state index is 11.6. The maximum atomic E-state index is 11.6. The second-order valence-corrected chi connectivity index (χ2v) is 5.22. The van der Waals surface area contributed by atoms with Crippen LogP contribution in [-0.2, 0) is 4.79 Å². The predicted octanol–water partition coefficient (Wildman–Crippen LogP) is 1.79. The number of rotatable bonds is 7. The standard InChI is InChI=1S/C16H26N2O2/c1-5-17-16(20)11-18(6-2)10-15(19)14-8-12(3)7-13(4)9-14/h7-9,15,19H,5-6,10-11H2,1-4H3,(H,17,20). The molecule has 0 saturated heterocycles. The van der Waals surface area contributed by atoms with Gasteiger partial charge in [0.15, 0.2) is 0 Å².